The molecule has 2 aromatic carbocycles. The summed E-state index contributed by atoms with van der Waals surface area (Å²) in [5.41, 5.74) is 2.04. The van der Waals surface area contributed by atoms with Crippen LogP contribution in [0.3, 0.4) is 0 Å². The van der Waals surface area contributed by atoms with E-state index in [-0.39, 0.29) is 17.9 Å². The molecule has 2 unspecified atom stereocenters. The van der Waals surface area contributed by atoms with Gasteiger partial charge >= 0.3 is 0 Å². The van der Waals surface area contributed by atoms with Crippen molar-refractivity contribution in [3.8, 4) is 0 Å². The molecule has 1 aliphatic carbocycles. The Morgan fingerprint density at radius 3 is 2.79 bits per heavy atom. The van der Waals surface area contributed by atoms with Crippen LogP contribution in [0.15, 0.2) is 52.3 Å². The third-order valence-electron chi connectivity index (χ3n) is 5.55. The molecule has 0 radical (unpaired) electrons. The van der Waals surface area contributed by atoms with Crippen molar-refractivity contribution in [2.45, 2.75) is 43.5 Å². The van der Waals surface area contributed by atoms with Gasteiger partial charge in [0.2, 0.25) is 0 Å². The first kappa shape index (κ1) is 20.0. The van der Waals surface area contributed by atoms with Gasteiger partial charge in [0.05, 0.1) is 10.6 Å². The molecule has 2 aromatic rings. The molecule has 6 heteroatoms. The highest BCUT2D eigenvalue weighted by molar-refractivity contribution is 8.04. The Balaban J connectivity index is 1.52. The predicted molar refractivity (Wildman–Crippen MR) is 119 cm³/mol. The number of carbonyl (C=O) groups is 2. The number of hydrogen-bond acceptors (Lipinski definition) is 3. The maximum atomic E-state index is 12.7. The summed E-state index contributed by atoms with van der Waals surface area (Å²) in [7, 11) is 0. The average molecular weight is 427 g/mol. The molecule has 4 rings (SSSR count). The van der Waals surface area contributed by atoms with Crippen LogP contribution in [0.25, 0.3) is 6.08 Å². The summed E-state index contributed by atoms with van der Waals surface area (Å²) in [5, 5.41) is 6.67. The second-order valence-corrected chi connectivity index (χ2v) is 9.13. The molecule has 0 saturated heterocycles. The number of benzene rings is 2. The average Bonchev–Trinajstić information content (AvgIpc) is 2.71. The summed E-state index contributed by atoms with van der Waals surface area (Å²) in [6.45, 7) is 2.20. The minimum atomic E-state index is -0.194. The van der Waals surface area contributed by atoms with Crippen molar-refractivity contribution in [2.75, 3.05) is 5.32 Å². The Morgan fingerprint density at radius 1 is 1.21 bits per heavy atom. The summed E-state index contributed by atoms with van der Waals surface area (Å²) in [5.74, 6) is 0.224. The van der Waals surface area contributed by atoms with Crippen LogP contribution >= 0.6 is 23.4 Å². The summed E-state index contributed by atoms with van der Waals surface area (Å²) in [6, 6.07) is 13.1. The van der Waals surface area contributed by atoms with E-state index in [9.17, 15) is 9.59 Å². The monoisotopic (exact) mass is 426 g/mol. The lowest BCUT2D eigenvalue weighted by Crippen LogP contribution is -2.41. The number of nitrogens with one attached hydrogen (secondary N) is 2. The first-order valence-electron chi connectivity index (χ1n) is 9.91. The Hall–Kier alpha value is -2.24. The van der Waals surface area contributed by atoms with Crippen LogP contribution in [0.4, 0.5) is 5.69 Å². The minimum Gasteiger partial charge on any atom is -0.349 e. The van der Waals surface area contributed by atoms with E-state index in [2.05, 4.69) is 17.6 Å². The lowest BCUT2D eigenvalue weighted by Gasteiger charge is -2.29. The van der Waals surface area contributed by atoms with Gasteiger partial charge in [-0.3, -0.25) is 9.59 Å². The van der Waals surface area contributed by atoms with Crippen LogP contribution in [-0.4, -0.2) is 17.9 Å². The number of hydrogen-bond donors (Lipinski definition) is 2. The second kappa shape index (κ2) is 8.64. The standard InChI is InChI=1S/C23H23ClN2O2S/c1-14-6-2-5-9-18(14)25-22(27)16-10-11-20-19(12-16)26-23(28)21(29-20)13-15-7-3-4-8-17(15)24/h3-4,7-8,10-14,18H,2,5-6,9H2,1H3,(H,25,27)(H,26,28). The molecule has 150 valence electrons. The van der Waals surface area contributed by atoms with Gasteiger partial charge in [-0.05, 0) is 54.7 Å². The number of rotatable bonds is 3. The smallest absolute Gasteiger partial charge is 0.262 e. The molecule has 2 amide bonds. The van der Waals surface area contributed by atoms with E-state index in [0.717, 1.165) is 29.7 Å². The fourth-order valence-corrected chi connectivity index (χ4v) is 4.93. The van der Waals surface area contributed by atoms with Gasteiger partial charge in [-0.15, -0.1) is 0 Å². The molecule has 2 N–H and O–H groups in total. The Morgan fingerprint density at radius 2 is 2.00 bits per heavy atom. The van der Waals surface area contributed by atoms with Crippen molar-refractivity contribution in [1.29, 1.82) is 0 Å². The van der Waals surface area contributed by atoms with E-state index in [4.69, 9.17) is 11.6 Å². The lowest BCUT2D eigenvalue weighted by molar-refractivity contribution is -0.112. The zero-order valence-electron chi connectivity index (χ0n) is 16.2. The summed E-state index contributed by atoms with van der Waals surface area (Å²) in [6.07, 6.45) is 6.37. The molecule has 0 aromatic heterocycles. The van der Waals surface area contributed by atoms with Crippen molar-refractivity contribution in [1.82, 2.24) is 5.32 Å². The zero-order valence-corrected chi connectivity index (χ0v) is 17.8. The molecule has 2 aliphatic rings. The number of halogens is 1. The zero-order chi connectivity index (χ0) is 20.4. The van der Waals surface area contributed by atoms with Gasteiger partial charge in [0, 0.05) is 21.5 Å². The second-order valence-electron chi connectivity index (χ2n) is 7.64. The van der Waals surface area contributed by atoms with Crippen molar-refractivity contribution < 1.29 is 9.59 Å². The fraction of sp³-hybridized carbons (Fsp3) is 0.304. The first-order valence-corrected chi connectivity index (χ1v) is 11.1. The summed E-state index contributed by atoms with van der Waals surface area (Å²) < 4.78 is 0. The molecule has 0 bridgehead atoms. The Kier molecular flexibility index (Phi) is 5.97. The van der Waals surface area contributed by atoms with E-state index in [1.54, 1.807) is 18.2 Å². The number of amides is 2. The van der Waals surface area contributed by atoms with Crippen LogP contribution in [0.1, 0.15) is 48.5 Å². The molecule has 1 saturated carbocycles. The topological polar surface area (TPSA) is 58.2 Å². The third-order valence-corrected chi connectivity index (χ3v) is 7.00. The lowest BCUT2D eigenvalue weighted by atomic mass is 9.86. The highest BCUT2D eigenvalue weighted by Gasteiger charge is 2.25. The molecule has 1 aliphatic heterocycles. The van der Waals surface area contributed by atoms with Crippen LogP contribution < -0.4 is 10.6 Å². The van der Waals surface area contributed by atoms with E-state index >= 15 is 0 Å². The Labute approximate surface area is 180 Å². The van der Waals surface area contributed by atoms with Gasteiger partial charge in [-0.2, -0.15) is 0 Å². The quantitative estimate of drug-likeness (QED) is 0.616. The number of carbonyl (C=O) groups excluding carboxylic acids is 2. The molecule has 29 heavy (non-hydrogen) atoms. The molecule has 1 fully saturated rings. The molecule has 0 spiro atoms. The van der Waals surface area contributed by atoms with Crippen molar-refractivity contribution >= 4 is 46.9 Å². The molecule has 2 atom stereocenters. The maximum absolute atomic E-state index is 12.7. The van der Waals surface area contributed by atoms with Crippen molar-refractivity contribution in [2.24, 2.45) is 5.92 Å². The highest BCUT2D eigenvalue weighted by atomic mass is 35.5. The van der Waals surface area contributed by atoms with Gasteiger partial charge in [0.25, 0.3) is 11.8 Å². The van der Waals surface area contributed by atoms with Crippen LogP contribution in [0, 0.1) is 5.92 Å². The van der Waals surface area contributed by atoms with Gasteiger partial charge in [-0.25, -0.2) is 0 Å². The van der Waals surface area contributed by atoms with Crippen molar-refractivity contribution in [3.05, 3.63) is 63.5 Å². The van der Waals surface area contributed by atoms with Gasteiger partial charge in [0.15, 0.2) is 0 Å². The van der Waals surface area contributed by atoms with Crippen LogP contribution in [0.2, 0.25) is 5.02 Å². The SMILES string of the molecule is CC1CCCCC1NC(=O)c1ccc2c(c1)NC(=O)C(=Cc1ccccc1Cl)S2. The molecular weight excluding hydrogens is 404 g/mol. The number of thioether (sulfide) groups is 1. The van der Waals surface area contributed by atoms with Crippen LogP contribution in [0.5, 0.6) is 0 Å². The molecule has 4 nitrogen and oxygen atoms in total. The van der Waals surface area contributed by atoms with Gasteiger partial charge < -0.3 is 10.6 Å². The fourth-order valence-electron chi connectivity index (χ4n) is 3.82. The minimum absolute atomic E-state index is 0.0804. The molecular formula is C23H23ClN2O2S. The normalized spacial score (nSPS) is 22.7. The predicted octanol–water partition coefficient (Wildman–Crippen LogP) is 5.73. The van der Waals surface area contributed by atoms with E-state index < -0.39 is 0 Å². The van der Waals surface area contributed by atoms with E-state index in [1.807, 2.05) is 30.3 Å². The third kappa shape index (κ3) is 4.51. The largest absolute Gasteiger partial charge is 0.349 e. The summed E-state index contributed by atoms with van der Waals surface area (Å²) >= 11 is 7.59. The van der Waals surface area contributed by atoms with E-state index in [0.29, 0.717) is 27.1 Å². The van der Waals surface area contributed by atoms with Crippen molar-refractivity contribution in [3.63, 3.8) is 0 Å². The summed E-state index contributed by atoms with van der Waals surface area (Å²) in [4.78, 5) is 26.8. The Bertz CT molecular complexity index is 989. The van der Waals surface area contributed by atoms with Gasteiger partial charge in [-0.1, -0.05) is 61.3 Å². The van der Waals surface area contributed by atoms with E-state index in [1.165, 1.54) is 18.2 Å². The number of fused-ring (bicyclic) bond motifs is 1. The molecule has 1 heterocycles. The van der Waals surface area contributed by atoms with Crippen LogP contribution in [-0.2, 0) is 4.79 Å². The number of anilines is 1. The highest BCUT2D eigenvalue weighted by Crippen LogP contribution is 2.40. The first-order chi connectivity index (χ1) is 14.0. The van der Waals surface area contributed by atoms with Gasteiger partial charge in [0.1, 0.15) is 0 Å². The maximum Gasteiger partial charge on any atom is 0.262 e.